The third-order valence-corrected chi connectivity index (χ3v) is 4.87. The van der Waals surface area contributed by atoms with Crippen molar-refractivity contribution in [2.75, 3.05) is 20.1 Å². The van der Waals surface area contributed by atoms with E-state index in [0.29, 0.717) is 11.9 Å². The van der Waals surface area contributed by atoms with E-state index in [1.54, 1.807) is 0 Å². The molecule has 1 aliphatic carbocycles. The molecule has 2 fully saturated rings. The molecule has 3 nitrogen and oxygen atoms in total. The van der Waals surface area contributed by atoms with E-state index in [1.807, 2.05) is 7.05 Å². The molecular formula is C14H26N2O. The largest absolute Gasteiger partial charge is 0.342 e. The van der Waals surface area contributed by atoms with Crippen LogP contribution < -0.4 is 5.32 Å². The molecule has 3 heteroatoms. The number of carbonyl (C=O) groups is 1. The highest BCUT2D eigenvalue weighted by atomic mass is 16.2. The van der Waals surface area contributed by atoms with Crippen molar-refractivity contribution in [1.29, 1.82) is 0 Å². The first-order valence-corrected chi connectivity index (χ1v) is 7.17. The Hall–Kier alpha value is -0.570. The van der Waals surface area contributed by atoms with Gasteiger partial charge in [-0.25, -0.2) is 0 Å². The molecular weight excluding hydrogens is 212 g/mol. The summed E-state index contributed by atoms with van der Waals surface area (Å²) >= 11 is 0. The van der Waals surface area contributed by atoms with Crippen molar-refractivity contribution >= 4 is 5.91 Å². The van der Waals surface area contributed by atoms with Crippen LogP contribution in [0.5, 0.6) is 0 Å². The van der Waals surface area contributed by atoms with Gasteiger partial charge in [0.15, 0.2) is 0 Å². The molecule has 1 heterocycles. The zero-order valence-corrected chi connectivity index (χ0v) is 11.3. The molecule has 0 atom stereocenters. The van der Waals surface area contributed by atoms with E-state index >= 15 is 0 Å². The highest BCUT2D eigenvalue weighted by Gasteiger charge is 2.42. The van der Waals surface area contributed by atoms with Gasteiger partial charge in [0.2, 0.25) is 5.91 Å². The van der Waals surface area contributed by atoms with E-state index in [9.17, 15) is 4.79 Å². The Morgan fingerprint density at radius 3 is 2.41 bits per heavy atom. The minimum Gasteiger partial charge on any atom is -0.342 e. The first kappa shape index (κ1) is 12.9. The van der Waals surface area contributed by atoms with Crippen molar-refractivity contribution < 1.29 is 4.79 Å². The van der Waals surface area contributed by atoms with Crippen LogP contribution in [-0.4, -0.2) is 37.0 Å². The summed E-state index contributed by atoms with van der Waals surface area (Å²) in [4.78, 5) is 14.8. The third-order valence-electron chi connectivity index (χ3n) is 4.87. The van der Waals surface area contributed by atoms with Gasteiger partial charge in [0.05, 0.1) is 0 Å². The lowest BCUT2D eigenvalue weighted by atomic mass is 9.81. The molecule has 0 aromatic carbocycles. The number of nitrogens with zero attached hydrogens (tertiary/aromatic N) is 1. The SMILES string of the molecule is CCC1(C(=O)N(C)C2CCNCC2)CCCC1. The van der Waals surface area contributed by atoms with E-state index < -0.39 is 0 Å². The molecule has 0 spiro atoms. The summed E-state index contributed by atoms with van der Waals surface area (Å²) in [6, 6.07) is 0.466. The molecule has 17 heavy (non-hydrogen) atoms. The quantitative estimate of drug-likeness (QED) is 0.817. The highest BCUT2D eigenvalue weighted by molar-refractivity contribution is 5.83. The van der Waals surface area contributed by atoms with Gasteiger partial charge in [-0.15, -0.1) is 0 Å². The minimum absolute atomic E-state index is 0.0143. The summed E-state index contributed by atoms with van der Waals surface area (Å²) in [5.74, 6) is 0.421. The van der Waals surface area contributed by atoms with Crippen LogP contribution in [0.3, 0.4) is 0 Å². The molecule has 0 bridgehead atoms. The molecule has 0 aromatic heterocycles. The van der Waals surface area contributed by atoms with Gasteiger partial charge in [-0.1, -0.05) is 19.8 Å². The number of rotatable bonds is 3. The Morgan fingerprint density at radius 2 is 1.88 bits per heavy atom. The average Bonchev–Trinajstić information content (AvgIpc) is 2.88. The first-order chi connectivity index (χ1) is 8.19. The van der Waals surface area contributed by atoms with Gasteiger partial charge in [-0.05, 0) is 45.2 Å². The van der Waals surface area contributed by atoms with Gasteiger partial charge in [-0.2, -0.15) is 0 Å². The molecule has 1 saturated carbocycles. The van der Waals surface area contributed by atoms with Crippen LogP contribution in [0.15, 0.2) is 0 Å². The van der Waals surface area contributed by atoms with E-state index in [2.05, 4.69) is 17.1 Å². The Kier molecular flexibility index (Phi) is 4.08. The van der Waals surface area contributed by atoms with Crippen LogP contribution in [0, 0.1) is 5.41 Å². The Labute approximate surface area is 105 Å². The van der Waals surface area contributed by atoms with Gasteiger partial charge in [0.25, 0.3) is 0 Å². The highest BCUT2D eigenvalue weighted by Crippen LogP contribution is 2.42. The van der Waals surface area contributed by atoms with Crippen LogP contribution in [0.2, 0.25) is 0 Å². The molecule has 1 amide bonds. The second-order valence-electron chi connectivity index (χ2n) is 5.74. The van der Waals surface area contributed by atoms with Crippen LogP contribution >= 0.6 is 0 Å². The second-order valence-corrected chi connectivity index (χ2v) is 5.74. The summed E-state index contributed by atoms with van der Waals surface area (Å²) in [6.07, 6.45) is 7.93. The van der Waals surface area contributed by atoms with E-state index in [1.165, 1.54) is 12.8 Å². The maximum Gasteiger partial charge on any atom is 0.228 e. The minimum atomic E-state index is -0.0143. The van der Waals surface area contributed by atoms with E-state index in [-0.39, 0.29) is 5.41 Å². The normalized spacial score (nSPS) is 24.8. The molecule has 0 aromatic rings. The molecule has 2 rings (SSSR count). The molecule has 98 valence electrons. The molecule has 1 aliphatic heterocycles. The predicted molar refractivity (Wildman–Crippen MR) is 69.9 cm³/mol. The second kappa shape index (κ2) is 5.38. The van der Waals surface area contributed by atoms with Gasteiger partial charge in [-0.3, -0.25) is 4.79 Å². The van der Waals surface area contributed by atoms with Crippen molar-refractivity contribution in [3.63, 3.8) is 0 Å². The van der Waals surface area contributed by atoms with Gasteiger partial charge >= 0.3 is 0 Å². The summed E-state index contributed by atoms with van der Waals surface area (Å²) in [6.45, 7) is 4.29. The molecule has 1 N–H and O–H groups in total. The summed E-state index contributed by atoms with van der Waals surface area (Å²) in [5.41, 5.74) is -0.0143. The van der Waals surface area contributed by atoms with Gasteiger partial charge in [0.1, 0.15) is 0 Å². The molecule has 0 unspecified atom stereocenters. The summed E-state index contributed by atoms with van der Waals surface area (Å²) in [5, 5.41) is 3.36. The van der Waals surface area contributed by atoms with Crippen molar-refractivity contribution in [1.82, 2.24) is 10.2 Å². The smallest absolute Gasteiger partial charge is 0.228 e. The first-order valence-electron chi connectivity index (χ1n) is 7.17. The number of carbonyl (C=O) groups excluding carboxylic acids is 1. The number of hydrogen-bond acceptors (Lipinski definition) is 2. The number of piperidine rings is 1. The summed E-state index contributed by atoms with van der Waals surface area (Å²) in [7, 11) is 2.02. The monoisotopic (exact) mass is 238 g/mol. The van der Waals surface area contributed by atoms with Crippen molar-refractivity contribution in [3.8, 4) is 0 Å². The van der Waals surface area contributed by atoms with E-state index in [4.69, 9.17) is 0 Å². The zero-order valence-electron chi connectivity index (χ0n) is 11.3. The lowest BCUT2D eigenvalue weighted by molar-refractivity contribution is -0.143. The van der Waals surface area contributed by atoms with Crippen molar-refractivity contribution in [2.45, 2.75) is 57.9 Å². The zero-order chi connectivity index (χ0) is 12.3. The average molecular weight is 238 g/mol. The van der Waals surface area contributed by atoms with Gasteiger partial charge in [0, 0.05) is 18.5 Å². The fourth-order valence-electron chi connectivity index (χ4n) is 3.50. The maximum atomic E-state index is 12.7. The fourth-order valence-corrected chi connectivity index (χ4v) is 3.50. The van der Waals surface area contributed by atoms with Crippen LogP contribution in [0.25, 0.3) is 0 Å². The maximum absolute atomic E-state index is 12.7. The van der Waals surface area contributed by atoms with Crippen LogP contribution in [0.4, 0.5) is 0 Å². The van der Waals surface area contributed by atoms with Crippen molar-refractivity contribution in [3.05, 3.63) is 0 Å². The topological polar surface area (TPSA) is 32.3 Å². The van der Waals surface area contributed by atoms with Crippen molar-refractivity contribution in [2.24, 2.45) is 5.41 Å². The number of amides is 1. The van der Waals surface area contributed by atoms with Crippen LogP contribution in [-0.2, 0) is 4.79 Å². The molecule has 1 saturated heterocycles. The Balaban J connectivity index is 2.02. The lowest BCUT2D eigenvalue weighted by Gasteiger charge is -2.38. The predicted octanol–water partition coefficient (Wildman–Crippen LogP) is 2.17. The van der Waals surface area contributed by atoms with Crippen LogP contribution in [0.1, 0.15) is 51.9 Å². The summed E-state index contributed by atoms with van der Waals surface area (Å²) < 4.78 is 0. The van der Waals surface area contributed by atoms with E-state index in [0.717, 1.165) is 45.2 Å². The van der Waals surface area contributed by atoms with Gasteiger partial charge < -0.3 is 10.2 Å². The Bertz CT molecular complexity index is 265. The lowest BCUT2D eigenvalue weighted by Crippen LogP contribution is -2.49. The number of hydrogen-bond donors (Lipinski definition) is 1. The third kappa shape index (κ3) is 2.49. The fraction of sp³-hybridized carbons (Fsp3) is 0.929. The molecule has 2 aliphatic rings. The standard InChI is InChI=1S/C14H26N2O/c1-3-14(8-4-5-9-14)13(17)16(2)12-6-10-15-11-7-12/h12,15H,3-11H2,1-2H3. The Morgan fingerprint density at radius 1 is 1.29 bits per heavy atom. The molecule has 0 radical (unpaired) electrons. The number of nitrogens with one attached hydrogen (secondary N) is 1.